The Morgan fingerprint density at radius 2 is 1.83 bits per heavy atom. The number of rotatable bonds is 6. The molecule has 0 unspecified atom stereocenters. The van der Waals surface area contributed by atoms with Crippen molar-refractivity contribution in [2.45, 2.75) is 24.3 Å². The first kappa shape index (κ1) is 19.7. The van der Waals surface area contributed by atoms with E-state index in [4.69, 9.17) is 8.83 Å². The lowest BCUT2D eigenvalue weighted by atomic mass is 10.3. The molecule has 0 atom stereocenters. The van der Waals surface area contributed by atoms with Gasteiger partial charge in [-0.1, -0.05) is 0 Å². The van der Waals surface area contributed by atoms with E-state index in [1.807, 2.05) is 0 Å². The number of benzene rings is 1. The van der Waals surface area contributed by atoms with Crippen LogP contribution in [-0.4, -0.2) is 29.1 Å². The van der Waals surface area contributed by atoms with Gasteiger partial charge in [-0.2, -0.15) is 0 Å². The summed E-state index contributed by atoms with van der Waals surface area (Å²) in [6.07, 6.45) is 4.49. The van der Waals surface area contributed by atoms with E-state index >= 15 is 0 Å². The summed E-state index contributed by atoms with van der Waals surface area (Å²) in [4.78, 5) is 0.0530. The number of hydrogen-bond donors (Lipinski definition) is 1. The number of furan rings is 2. The highest BCUT2D eigenvalue weighted by molar-refractivity contribution is 7.92. The summed E-state index contributed by atoms with van der Waals surface area (Å²) < 4.78 is 63.9. The van der Waals surface area contributed by atoms with Crippen LogP contribution < -0.4 is 9.03 Å². The van der Waals surface area contributed by atoms with Gasteiger partial charge in [0.05, 0.1) is 34.7 Å². The van der Waals surface area contributed by atoms with E-state index in [2.05, 4.69) is 4.72 Å². The molecular weight excluding hydrogens is 416 g/mol. The molecule has 8 nitrogen and oxygen atoms in total. The molecule has 1 aliphatic heterocycles. The summed E-state index contributed by atoms with van der Waals surface area (Å²) in [6.45, 7) is 0.395. The van der Waals surface area contributed by atoms with E-state index in [9.17, 15) is 16.8 Å². The molecule has 0 spiro atoms. The van der Waals surface area contributed by atoms with E-state index in [0.29, 0.717) is 30.2 Å². The standard InChI is InChI=1S/C19H20N2O6S2/c22-28(23)12-2-1-10-21(28)16-3-6-18(7-4-16)29(24,25)20-13-17-5-8-19(27-17)15-9-11-26-14-15/h3-9,11,14,20H,1-2,10,12-13H2. The van der Waals surface area contributed by atoms with E-state index in [-0.39, 0.29) is 17.2 Å². The summed E-state index contributed by atoms with van der Waals surface area (Å²) >= 11 is 0. The van der Waals surface area contributed by atoms with E-state index in [0.717, 1.165) is 12.0 Å². The highest BCUT2D eigenvalue weighted by Crippen LogP contribution is 2.25. The van der Waals surface area contributed by atoms with Crippen molar-refractivity contribution in [2.75, 3.05) is 16.6 Å². The first-order valence-corrected chi connectivity index (χ1v) is 12.2. The Hall–Kier alpha value is -2.56. The summed E-state index contributed by atoms with van der Waals surface area (Å²) in [5.41, 5.74) is 1.24. The highest BCUT2D eigenvalue weighted by Gasteiger charge is 2.26. The van der Waals surface area contributed by atoms with Crippen molar-refractivity contribution < 1.29 is 25.7 Å². The Kier molecular flexibility index (Phi) is 5.24. The molecule has 154 valence electrons. The largest absolute Gasteiger partial charge is 0.472 e. The molecule has 3 aromatic rings. The van der Waals surface area contributed by atoms with Crippen molar-refractivity contribution in [3.63, 3.8) is 0 Å². The lowest BCUT2D eigenvalue weighted by Gasteiger charge is -2.28. The van der Waals surface area contributed by atoms with Crippen LogP contribution in [0, 0.1) is 0 Å². The maximum atomic E-state index is 12.6. The first-order chi connectivity index (χ1) is 13.9. The minimum Gasteiger partial charge on any atom is -0.472 e. The predicted molar refractivity (Wildman–Crippen MR) is 107 cm³/mol. The van der Waals surface area contributed by atoms with Crippen LogP contribution in [0.3, 0.4) is 0 Å². The molecule has 0 radical (unpaired) electrons. The molecule has 0 amide bonds. The number of anilines is 1. The zero-order valence-corrected chi connectivity index (χ0v) is 17.1. The van der Waals surface area contributed by atoms with Gasteiger partial charge >= 0.3 is 0 Å². The van der Waals surface area contributed by atoms with Crippen molar-refractivity contribution in [3.05, 3.63) is 60.8 Å². The predicted octanol–water partition coefficient (Wildman–Crippen LogP) is 2.95. The maximum Gasteiger partial charge on any atom is 0.240 e. The van der Waals surface area contributed by atoms with Crippen LogP contribution >= 0.6 is 0 Å². The van der Waals surface area contributed by atoms with Crippen LogP contribution in [0.2, 0.25) is 0 Å². The summed E-state index contributed by atoms with van der Waals surface area (Å²) in [6, 6.07) is 11.0. The van der Waals surface area contributed by atoms with Gasteiger partial charge in [-0.3, -0.25) is 4.31 Å². The second kappa shape index (κ2) is 7.69. The quantitative estimate of drug-likeness (QED) is 0.636. The average Bonchev–Trinajstić information content (AvgIpc) is 3.38. The molecule has 0 bridgehead atoms. The van der Waals surface area contributed by atoms with Crippen molar-refractivity contribution in [1.29, 1.82) is 0 Å². The molecule has 4 rings (SSSR count). The van der Waals surface area contributed by atoms with Crippen LogP contribution in [0.15, 0.2) is 68.7 Å². The zero-order valence-electron chi connectivity index (χ0n) is 15.4. The van der Waals surface area contributed by atoms with Crippen LogP contribution in [0.4, 0.5) is 5.69 Å². The molecular formula is C19H20N2O6S2. The fourth-order valence-electron chi connectivity index (χ4n) is 3.15. The van der Waals surface area contributed by atoms with Gasteiger partial charge < -0.3 is 8.83 Å². The Morgan fingerprint density at radius 1 is 1.03 bits per heavy atom. The van der Waals surface area contributed by atoms with Crippen molar-refractivity contribution in [2.24, 2.45) is 0 Å². The second-order valence-corrected chi connectivity index (χ2v) is 10.5. The van der Waals surface area contributed by atoms with Gasteiger partial charge in [0.25, 0.3) is 0 Å². The minimum absolute atomic E-state index is 0.0115. The molecule has 29 heavy (non-hydrogen) atoms. The van der Waals surface area contributed by atoms with Crippen LogP contribution in [0.1, 0.15) is 18.6 Å². The lowest BCUT2D eigenvalue weighted by Crippen LogP contribution is -2.37. The van der Waals surface area contributed by atoms with Crippen molar-refractivity contribution in [1.82, 2.24) is 4.72 Å². The van der Waals surface area contributed by atoms with Gasteiger partial charge in [0.2, 0.25) is 20.0 Å². The van der Waals surface area contributed by atoms with Crippen molar-refractivity contribution >= 4 is 25.7 Å². The van der Waals surface area contributed by atoms with Gasteiger partial charge in [-0.25, -0.2) is 21.6 Å². The van der Waals surface area contributed by atoms with E-state index in [1.165, 1.54) is 41.1 Å². The Morgan fingerprint density at radius 3 is 2.52 bits per heavy atom. The van der Waals surface area contributed by atoms with Gasteiger partial charge in [0.15, 0.2) is 0 Å². The molecule has 3 heterocycles. The van der Waals surface area contributed by atoms with Gasteiger partial charge in [-0.05, 0) is 55.3 Å². The fraction of sp³-hybridized carbons (Fsp3) is 0.263. The lowest BCUT2D eigenvalue weighted by molar-refractivity contribution is 0.507. The maximum absolute atomic E-state index is 12.6. The third-order valence-electron chi connectivity index (χ3n) is 4.69. The molecule has 1 fully saturated rings. The first-order valence-electron chi connectivity index (χ1n) is 9.07. The average molecular weight is 437 g/mol. The van der Waals surface area contributed by atoms with Crippen LogP contribution in [-0.2, 0) is 26.6 Å². The molecule has 1 N–H and O–H groups in total. The smallest absolute Gasteiger partial charge is 0.240 e. The third kappa shape index (κ3) is 4.24. The van der Waals surface area contributed by atoms with E-state index in [1.54, 1.807) is 18.2 Å². The summed E-state index contributed by atoms with van der Waals surface area (Å²) in [5.74, 6) is 1.15. The summed E-state index contributed by atoms with van der Waals surface area (Å²) in [7, 11) is -7.11. The SMILES string of the molecule is O=S(=O)(NCc1ccc(-c2ccoc2)o1)c1ccc(N2CCCCS2(=O)=O)cc1. The fourth-order valence-corrected chi connectivity index (χ4v) is 5.79. The molecule has 0 aliphatic carbocycles. The molecule has 1 aliphatic rings. The second-order valence-electron chi connectivity index (χ2n) is 6.69. The van der Waals surface area contributed by atoms with Gasteiger partial charge in [-0.15, -0.1) is 0 Å². The minimum atomic E-state index is -3.78. The Balaban J connectivity index is 1.45. The summed E-state index contributed by atoms with van der Waals surface area (Å²) in [5, 5.41) is 0. The Labute approximate surface area is 169 Å². The molecule has 2 aromatic heterocycles. The molecule has 1 aromatic carbocycles. The number of nitrogens with one attached hydrogen (secondary N) is 1. The monoisotopic (exact) mass is 436 g/mol. The highest BCUT2D eigenvalue weighted by atomic mass is 32.2. The number of hydrogen-bond acceptors (Lipinski definition) is 6. The zero-order chi connectivity index (χ0) is 20.5. The van der Waals surface area contributed by atoms with Gasteiger partial charge in [0.1, 0.15) is 17.8 Å². The number of nitrogens with zero attached hydrogens (tertiary/aromatic N) is 1. The topological polar surface area (TPSA) is 110 Å². The Bertz CT molecular complexity index is 1180. The van der Waals surface area contributed by atoms with E-state index < -0.39 is 20.0 Å². The van der Waals surface area contributed by atoms with Crippen LogP contribution in [0.5, 0.6) is 0 Å². The number of sulfonamides is 2. The van der Waals surface area contributed by atoms with Gasteiger partial charge in [0, 0.05) is 6.54 Å². The third-order valence-corrected chi connectivity index (χ3v) is 7.97. The van der Waals surface area contributed by atoms with Crippen LogP contribution in [0.25, 0.3) is 11.3 Å². The molecule has 10 heteroatoms. The normalized spacial score (nSPS) is 16.8. The molecule has 1 saturated heterocycles. The molecule has 0 saturated carbocycles. The van der Waals surface area contributed by atoms with Crippen molar-refractivity contribution in [3.8, 4) is 11.3 Å².